The highest BCUT2D eigenvalue weighted by Gasteiger charge is 1.88. The Labute approximate surface area is 69.0 Å². The zero-order chi connectivity index (χ0) is 10.9. The molecule has 0 amide bonds. The van der Waals surface area contributed by atoms with E-state index in [2.05, 4.69) is 25.7 Å². The molecule has 0 bridgehead atoms. The fourth-order valence-corrected chi connectivity index (χ4v) is 0.508. The van der Waals surface area contributed by atoms with Crippen LogP contribution in [0, 0.1) is 0 Å². The largest absolute Gasteiger partial charge is 0.481 e. The van der Waals surface area contributed by atoms with Crippen molar-refractivity contribution in [2.45, 2.75) is 0 Å². The van der Waals surface area contributed by atoms with Crippen molar-refractivity contribution in [2.24, 2.45) is 0 Å². The van der Waals surface area contributed by atoms with Crippen molar-refractivity contribution < 1.29 is 11.6 Å². The van der Waals surface area contributed by atoms with Gasteiger partial charge in [-0.2, -0.15) is 0 Å². The van der Waals surface area contributed by atoms with Crippen LogP contribution in [0.1, 0.15) is 6.85 Å². The molecule has 1 aromatic heterocycles. The molecule has 0 atom stereocenters. The number of aromatic nitrogens is 1. The number of nitrogens with zero attached hydrogens (tertiary/aromatic N) is 1. The molecule has 0 fully saturated rings. The van der Waals surface area contributed by atoms with Gasteiger partial charge in [-0.25, -0.2) is 4.98 Å². The lowest BCUT2D eigenvalue weighted by Crippen LogP contribution is -1.84. The average molecular weight is 193 g/mol. The zero-order valence-electron chi connectivity index (χ0n) is 9.31. The van der Waals surface area contributed by atoms with E-state index in [-0.39, 0.29) is 28.6 Å². The Morgan fingerprint density at radius 1 is 1.89 bits per heavy atom. The first-order valence-corrected chi connectivity index (χ1v) is 2.87. The highest BCUT2D eigenvalue weighted by molar-refractivity contribution is 9.10. The lowest BCUT2D eigenvalue weighted by molar-refractivity contribution is 0.397. The summed E-state index contributed by atoms with van der Waals surface area (Å²) in [6.45, 7) is 0. The van der Waals surface area contributed by atoms with Crippen molar-refractivity contribution >= 4 is 15.9 Å². The third-order valence-corrected chi connectivity index (χ3v) is 1.02. The van der Waals surface area contributed by atoms with E-state index in [9.17, 15) is 0 Å². The third kappa shape index (κ3) is 1.68. The van der Waals surface area contributed by atoms with Crippen molar-refractivity contribution in [3.8, 4) is 5.88 Å². The summed E-state index contributed by atoms with van der Waals surface area (Å²) in [5, 5.41) is 0. The van der Waals surface area contributed by atoms with Crippen molar-refractivity contribution in [1.82, 2.24) is 4.98 Å². The lowest BCUT2D eigenvalue weighted by Gasteiger charge is -1.94. The number of hydrogen-bond donors (Lipinski definition) is 0. The van der Waals surface area contributed by atoms with Gasteiger partial charge in [0.15, 0.2) is 0 Å². The predicted molar refractivity (Wildman–Crippen MR) is 38.5 cm³/mol. The number of pyridine rings is 1. The van der Waals surface area contributed by atoms with Crippen LogP contribution >= 0.6 is 15.9 Å². The Kier molecular flexibility index (Phi) is 0.810. The number of ether oxygens (including phenoxy) is 1. The lowest BCUT2D eigenvalue weighted by atomic mass is 10.5. The molecular formula is C6H6BrNO. The summed E-state index contributed by atoms with van der Waals surface area (Å²) in [7, 11) is -1.62. The monoisotopic (exact) mass is 192 g/mol. The second-order valence-corrected chi connectivity index (χ2v) is 2.00. The predicted octanol–water partition coefficient (Wildman–Crippen LogP) is 1.85. The Hall–Kier alpha value is -0.570. The first kappa shape index (κ1) is 2.58. The molecule has 0 saturated heterocycles. The third-order valence-electron chi connectivity index (χ3n) is 0.646. The molecule has 0 radical (unpaired) electrons. The SMILES string of the molecule is [2H]c1nc(OC([2H])[2H])c([2H])c([2H])c1Br. The minimum Gasteiger partial charge on any atom is -0.481 e. The first-order chi connectivity index (χ1) is 6.43. The van der Waals surface area contributed by atoms with Gasteiger partial charge in [0, 0.05) is 16.7 Å². The molecule has 9 heavy (non-hydrogen) atoms. The van der Waals surface area contributed by atoms with Gasteiger partial charge in [-0.3, -0.25) is 0 Å². The maximum Gasteiger partial charge on any atom is 0.212 e. The number of rotatable bonds is 1. The Balaban J connectivity index is 3.19. The number of halogens is 1. The fraction of sp³-hybridized carbons (Fsp3) is 0.167. The standard InChI is InChI=1S/C6H6BrNO/c1-9-6-3-2-5(7)4-8-6/h2-4H,1H3/i1D2,2D,3D,4D. The van der Waals surface area contributed by atoms with E-state index in [0.717, 1.165) is 0 Å². The fourth-order valence-electron chi connectivity index (χ4n) is 0.320. The molecule has 0 unspecified atom stereocenters. The molecule has 0 aliphatic carbocycles. The second kappa shape index (κ2) is 2.82. The Morgan fingerprint density at radius 3 is 3.56 bits per heavy atom. The van der Waals surface area contributed by atoms with E-state index in [1.54, 1.807) is 0 Å². The molecular weight excluding hydrogens is 182 g/mol. The average Bonchev–Trinajstić information content (AvgIpc) is 2.10. The minimum absolute atomic E-state index is 0.0985. The topological polar surface area (TPSA) is 22.1 Å². The molecule has 0 aliphatic heterocycles. The van der Waals surface area contributed by atoms with Crippen LogP contribution in [0.15, 0.2) is 22.7 Å². The van der Waals surface area contributed by atoms with E-state index in [1.807, 2.05) is 0 Å². The molecule has 0 aliphatic rings. The zero-order valence-corrected chi connectivity index (χ0v) is 5.90. The van der Waals surface area contributed by atoms with Gasteiger partial charge < -0.3 is 4.74 Å². The van der Waals surface area contributed by atoms with E-state index >= 15 is 0 Å². The summed E-state index contributed by atoms with van der Waals surface area (Å²) in [5.74, 6) is -0.335. The highest BCUT2D eigenvalue weighted by Crippen LogP contribution is 2.10. The summed E-state index contributed by atoms with van der Waals surface area (Å²) in [6, 6.07) is -0.571. The Morgan fingerprint density at radius 2 is 2.78 bits per heavy atom. The number of hydrogen-bond acceptors (Lipinski definition) is 2. The highest BCUT2D eigenvalue weighted by atomic mass is 79.9. The summed E-state index contributed by atoms with van der Waals surface area (Å²) in [4.78, 5) is 3.52. The maximum absolute atomic E-state index is 7.37. The van der Waals surface area contributed by atoms with Gasteiger partial charge in [-0.05, 0) is 22.0 Å². The molecule has 0 spiro atoms. The number of methoxy groups -OCH3 is 1. The van der Waals surface area contributed by atoms with E-state index in [0.29, 0.717) is 0 Å². The summed E-state index contributed by atoms with van der Waals surface area (Å²) in [5.41, 5.74) is 0. The molecule has 2 nitrogen and oxygen atoms in total. The van der Waals surface area contributed by atoms with Crippen LogP contribution in [0.5, 0.6) is 5.88 Å². The molecule has 0 N–H and O–H groups in total. The molecule has 3 heteroatoms. The molecule has 1 heterocycles. The van der Waals surface area contributed by atoms with Crippen molar-refractivity contribution in [1.29, 1.82) is 0 Å². The summed E-state index contributed by atoms with van der Waals surface area (Å²) < 4.78 is 40.2. The van der Waals surface area contributed by atoms with Crippen LogP contribution in [0.2, 0.25) is 0 Å². The summed E-state index contributed by atoms with van der Waals surface area (Å²) >= 11 is 2.92. The first-order valence-electron chi connectivity index (χ1n) is 4.73. The van der Waals surface area contributed by atoms with Crippen LogP contribution in [-0.4, -0.2) is 12.0 Å². The normalized spacial score (nSPS) is 17.3. The maximum atomic E-state index is 7.37. The Bertz CT molecular complexity index is 359. The van der Waals surface area contributed by atoms with E-state index < -0.39 is 7.06 Å². The molecule has 0 saturated carbocycles. The molecule has 1 aromatic rings. The van der Waals surface area contributed by atoms with Gasteiger partial charge in [0.2, 0.25) is 5.88 Å². The van der Waals surface area contributed by atoms with Crippen LogP contribution in [0.3, 0.4) is 0 Å². The van der Waals surface area contributed by atoms with Crippen LogP contribution < -0.4 is 4.74 Å². The molecule has 0 aromatic carbocycles. The second-order valence-electron chi connectivity index (χ2n) is 1.21. The van der Waals surface area contributed by atoms with Crippen LogP contribution in [-0.2, 0) is 0 Å². The van der Waals surface area contributed by atoms with Crippen LogP contribution in [0.4, 0.5) is 0 Å². The summed E-state index contributed by atoms with van der Waals surface area (Å²) in [6.07, 6.45) is -0.248. The van der Waals surface area contributed by atoms with Gasteiger partial charge in [0.05, 0.1) is 13.9 Å². The van der Waals surface area contributed by atoms with Gasteiger partial charge >= 0.3 is 0 Å². The minimum atomic E-state index is -1.62. The quantitative estimate of drug-likeness (QED) is 0.678. The molecule has 1 rings (SSSR count). The molecule has 48 valence electrons. The van der Waals surface area contributed by atoms with Crippen molar-refractivity contribution in [2.75, 3.05) is 7.06 Å². The van der Waals surface area contributed by atoms with Gasteiger partial charge in [-0.1, -0.05) is 0 Å². The smallest absolute Gasteiger partial charge is 0.212 e. The van der Waals surface area contributed by atoms with Gasteiger partial charge in [0.1, 0.15) is 0 Å². The van der Waals surface area contributed by atoms with Crippen molar-refractivity contribution in [3.05, 3.63) is 22.7 Å². The van der Waals surface area contributed by atoms with Gasteiger partial charge in [-0.15, -0.1) is 0 Å². The van der Waals surface area contributed by atoms with E-state index in [4.69, 9.17) is 6.85 Å². The van der Waals surface area contributed by atoms with Gasteiger partial charge in [0.25, 0.3) is 0 Å². The van der Waals surface area contributed by atoms with Crippen molar-refractivity contribution in [3.63, 3.8) is 0 Å². The van der Waals surface area contributed by atoms with Crippen LogP contribution in [0.25, 0.3) is 0 Å². The van der Waals surface area contributed by atoms with E-state index in [1.165, 1.54) is 0 Å².